The van der Waals surface area contributed by atoms with E-state index >= 15 is 0 Å². The topological polar surface area (TPSA) is 35.2 Å². The van der Waals surface area contributed by atoms with Gasteiger partial charge in [0.25, 0.3) is 0 Å². The van der Waals surface area contributed by atoms with Crippen LogP contribution < -0.4 is 5.73 Å². The molecule has 3 atom stereocenters. The van der Waals surface area contributed by atoms with E-state index < -0.39 is 0 Å². The molecule has 2 N–H and O–H groups in total. The van der Waals surface area contributed by atoms with Gasteiger partial charge in [-0.05, 0) is 63.8 Å². The molecule has 0 aromatic carbocycles. The van der Waals surface area contributed by atoms with E-state index in [0.717, 1.165) is 12.5 Å². The molecule has 0 amide bonds. The lowest BCUT2D eigenvalue weighted by Gasteiger charge is -2.31. The summed E-state index contributed by atoms with van der Waals surface area (Å²) >= 11 is 0. The molecule has 2 heteroatoms. The Morgan fingerprint density at radius 1 is 1.25 bits per heavy atom. The summed E-state index contributed by atoms with van der Waals surface area (Å²) < 4.78 is 6.12. The van der Waals surface area contributed by atoms with Crippen LogP contribution in [-0.2, 0) is 4.74 Å². The Kier molecular flexibility index (Phi) is 3.33. The third kappa shape index (κ3) is 2.60. The van der Waals surface area contributed by atoms with Crippen molar-refractivity contribution in [3.05, 3.63) is 0 Å². The van der Waals surface area contributed by atoms with Gasteiger partial charge in [0, 0.05) is 0 Å². The standard InChI is InChI=1S/C14H27NO/c1-11-4-7-14(8-11,10-15)9-12-5-6-13(2,3)16-12/h11-12H,4-10,15H2,1-3H3. The summed E-state index contributed by atoms with van der Waals surface area (Å²) in [5, 5.41) is 0. The molecule has 1 aliphatic heterocycles. The minimum Gasteiger partial charge on any atom is -0.372 e. The third-order valence-corrected chi connectivity index (χ3v) is 4.60. The Labute approximate surface area is 99.9 Å². The summed E-state index contributed by atoms with van der Waals surface area (Å²) in [6.45, 7) is 7.62. The van der Waals surface area contributed by atoms with Crippen LogP contribution in [0.4, 0.5) is 0 Å². The van der Waals surface area contributed by atoms with Gasteiger partial charge >= 0.3 is 0 Å². The smallest absolute Gasteiger partial charge is 0.0631 e. The van der Waals surface area contributed by atoms with Crippen molar-refractivity contribution in [2.24, 2.45) is 17.1 Å². The lowest BCUT2D eigenvalue weighted by atomic mass is 9.79. The van der Waals surface area contributed by atoms with E-state index in [1.54, 1.807) is 0 Å². The van der Waals surface area contributed by atoms with E-state index in [1.807, 2.05) is 0 Å². The Hall–Kier alpha value is -0.0800. The maximum Gasteiger partial charge on any atom is 0.0631 e. The van der Waals surface area contributed by atoms with Crippen LogP contribution in [0.25, 0.3) is 0 Å². The van der Waals surface area contributed by atoms with Gasteiger partial charge in [-0.25, -0.2) is 0 Å². The molecule has 1 saturated heterocycles. The first-order valence-corrected chi connectivity index (χ1v) is 6.83. The lowest BCUT2D eigenvalue weighted by Crippen LogP contribution is -2.33. The van der Waals surface area contributed by atoms with Crippen molar-refractivity contribution in [2.45, 2.75) is 71.0 Å². The minimum absolute atomic E-state index is 0.102. The van der Waals surface area contributed by atoms with Gasteiger partial charge < -0.3 is 10.5 Å². The Balaban J connectivity index is 1.93. The molecule has 1 aliphatic carbocycles. The number of hydrogen-bond acceptors (Lipinski definition) is 2. The summed E-state index contributed by atoms with van der Waals surface area (Å²) in [6.07, 6.45) is 8.06. The van der Waals surface area contributed by atoms with Gasteiger partial charge in [-0.2, -0.15) is 0 Å². The van der Waals surface area contributed by atoms with Crippen molar-refractivity contribution in [2.75, 3.05) is 6.54 Å². The van der Waals surface area contributed by atoms with Crippen molar-refractivity contribution >= 4 is 0 Å². The monoisotopic (exact) mass is 225 g/mol. The molecule has 0 aromatic rings. The van der Waals surface area contributed by atoms with Crippen LogP contribution in [0.15, 0.2) is 0 Å². The largest absolute Gasteiger partial charge is 0.372 e. The number of nitrogens with two attached hydrogens (primary N) is 1. The number of hydrogen-bond donors (Lipinski definition) is 1. The molecule has 2 rings (SSSR count). The van der Waals surface area contributed by atoms with Crippen molar-refractivity contribution in [3.8, 4) is 0 Å². The second-order valence-electron chi connectivity index (χ2n) is 6.79. The second kappa shape index (κ2) is 4.30. The average Bonchev–Trinajstić information content (AvgIpc) is 2.72. The molecule has 1 saturated carbocycles. The van der Waals surface area contributed by atoms with Crippen molar-refractivity contribution in [1.82, 2.24) is 0 Å². The SMILES string of the molecule is CC1CCC(CN)(CC2CCC(C)(C)O2)C1. The average molecular weight is 225 g/mol. The van der Waals surface area contributed by atoms with Crippen molar-refractivity contribution < 1.29 is 4.74 Å². The Bertz CT molecular complexity index is 251. The molecule has 0 bridgehead atoms. The Morgan fingerprint density at radius 2 is 2.00 bits per heavy atom. The first-order valence-electron chi connectivity index (χ1n) is 6.83. The predicted octanol–water partition coefficient (Wildman–Crippen LogP) is 3.10. The van der Waals surface area contributed by atoms with E-state index in [-0.39, 0.29) is 5.60 Å². The Morgan fingerprint density at radius 3 is 2.44 bits per heavy atom. The fourth-order valence-electron chi connectivity index (χ4n) is 3.65. The maximum absolute atomic E-state index is 6.12. The molecule has 2 nitrogen and oxygen atoms in total. The quantitative estimate of drug-likeness (QED) is 0.801. The molecule has 94 valence electrons. The van der Waals surface area contributed by atoms with Crippen LogP contribution in [0.2, 0.25) is 0 Å². The van der Waals surface area contributed by atoms with E-state index in [1.165, 1.54) is 38.5 Å². The van der Waals surface area contributed by atoms with Gasteiger partial charge in [0.2, 0.25) is 0 Å². The van der Waals surface area contributed by atoms with Crippen LogP contribution in [0.1, 0.15) is 59.3 Å². The molecule has 16 heavy (non-hydrogen) atoms. The molecule has 2 aliphatic rings. The van der Waals surface area contributed by atoms with Crippen LogP contribution in [0.3, 0.4) is 0 Å². The number of rotatable bonds is 3. The van der Waals surface area contributed by atoms with Gasteiger partial charge in [-0.3, -0.25) is 0 Å². The fourth-order valence-corrected chi connectivity index (χ4v) is 3.65. The van der Waals surface area contributed by atoms with Crippen LogP contribution in [-0.4, -0.2) is 18.2 Å². The van der Waals surface area contributed by atoms with Crippen LogP contribution >= 0.6 is 0 Å². The summed E-state index contributed by atoms with van der Waals surface area (Å²) in [5.41, 5.74) is 6.52. The molecule has 0 aromatic heterocycles. The highest BCUT2D eigenvalue weighted by molar-refractivity contribution is 4.93. The highest BCUT2D eigenvalue weighted by Gasteiger charge is 2.41. The summed E-state index contributed by atoms with van der Waals surface area (Å²) in [5.74, 6) is 0.859. The van der Waals surface area contributed by atoms with Gasteiger partial charge in [0.1, 0.15) is 0 Å². The molecule has 3 unspecified atom stereocenters. The minimum atomic E-state index is 0.102. The lowest BCUT2D eigenvalue weighted by molar-refractivity contribution is -0.0345. The van der Waals surface area contributed by atoms with Crippen LogP contribution in [0.5, 0.6) is 0 Å². The number of ether oxygens (including phenoxy) is 1. The highest BCUT2D eigenvalue weighted by Crippen LogP contribution is 2.46. The van der Waals surface area contributed by atoms with Crippen LogP contribution in [0, 0.1) is 11.3 Å². The molecule has 2 fully saturated rings. The zero-order valence-electron chi connectivity index (χ0n) is 11.1. The summed E-state index contributed by atoms with van der Waals surface area (Å²) in [7, 11) is 0. The summed E-state index contributed by atoms with van der Waals surface area (Å²) in [4.78, 5) is 0. The zero-order valence-corrected chi connectivity index (χ0v) is 11.1. The first-order chi connectivity index (χ1) is 7.45. The van der Waals surface area contributed by atoms with E-state index in [2.05, 4.69) is 20.8 Å². The van der Waals surface area contributed by atoms with E-state index in [4.69, 9.17) is 10.5 Å². The molecular weight excluding hydrogens is 198 g/mol. The van der Waals surface area contributed by atoms with Crippen molar-refractivity contribution in [3.63, 3.8) is 0 Å². The molecular formula is C14H27NO. The zero-order chi connectivity index (χ0) is 11.8. The van der Waals surface area contributed by atoms with Gasteiger partial charge in [-0.15, -0.1) is 0 Å². The third-order valence-electron chi connectivity index (χ3n) is 4.60. The normalized spacial score (nSPS) is 42.8. The van der Waals surface area contributed by atoms with Gasteiger partial charge in [-0.1, -0.05) is 13.3 Å². The second-order valence-corrected chi connectivity index (χ2v) is 6.79. The summed E-state index contributed by atoms with van der Waals surface area (Å²) in [6, 6.07) is 0. The van der Waals surface area contributed by atoms with Gasteiger partial charge in [0.15, 0.2) is 0 Å². The molecule has 0 spiro atoms. The molecule has 1 heterocycles. The van der Waals surface area contributed by atoms with E-state index in [9.17, 15) is 0 Å². The molecule has 0 radical (unpaired) electrons. The fraction of sp³-hybridized carbons (Fsp3) is 1.00. The van der Waals surface area contributed by atoms with E-state index in [0.29, 0.717) is 11.5 Å². The highest BCUT2D eigenvalue weighted by atomic mass is 16.5. The van der Waals surface area contributed by atoms with Gasteiger partial charge in [0.05, 0.1) is 11.7 Å². The van der Waals surface area contributed by atoms with Crippen molar-refractivity contribution in [1.29, 1.82) is 0 Å². The first kappa shape index (κ1) is 12.4. The maximum atomic E-state index is 6.12. The predicted molar refractivity (Wildman–Crippen MR) is 67.3 cm³/mol.